The van der Waals surface area contributed by atoms with Gasteiger partial charge < -0.3 is 9.47 Å². The van der Waals surface area contributed by atoms with E-state index in [9.17, 15) is 24.1 Å². The lowest BCUT2D eigenvalue weighted by molar-refractivity contribution is -0.387. The fraction of sp³-hybridized carbons (Fsp3) is 0.619. The molecule has 0 N–H and O–H groups in total. The summed E-state index contributed by atoms with van der Waals surface area (Å²) in [6.45, 7) is 2.44. The monoisotopic (exact) mass is 411 g/mol. The molecule has 162 valence electrons. The number of carbonyl (C=O) groups excluding carboxylic acids is 2. The average molecular weight is 411 g/mol. The highest BCUT2D eigenvalue weighted by Gasteiger charge is 2.15. The van der Waals surface area contributed by atoms with Gasteiger partial charge in [-0.25, -0.2) is 0 Å². The number of nitrogens with zero attached hydrogens (tertiary/aromatic N) is 1. The number of esters is 2. The molecule has 0 saturated carbocycles. The highest BCUT2D eigenvalue weighted by molar-refractivity contribution is 5.69. The Balaban J connectivity index is 2.05. The van der Waals surface area contributed by atoms with Crippen LogP contribution in [0.3, 0.4) is 0 Å². The molecular formula is C21H30FNO6. The summed E-state index contributed by atoms with van der Waals surface area (Å²) in [4.78, 5) is 33.1. The molecule has 0 atom stereocenters. The maximum absolute atomic E-state index is 13.3. The zero-order valence-electron chi connectivity index (χ0n) is 17.0. The first-order valence-electron chi connectivity index (χ1n) is 10.2. The van der Waals surface area contributed by atoms with Crippen molar-refractivity contribution in [3.8, 4) is 0 Å². The molecule has 0 fully saturated rings. The lowest BCUT2D eigenvalue weighted by Gasteiger charge is -2.06. The van der Waals surface area contributed by atoms with Gasteiger partial charge in [-0.1, -0.05) is 45.1 Å². The lowest BCUT2D eigenvalue weighted by Crippen LogP contribution is -2.05. The maximum atomic E-state index is 13.3. The van der Waals surface area contributed by atoms with Gasteiger partial charge in [0, 0.05) is 18.9 Å². The molecule has 0 radical (unpaired) electrons. The Hall–Kier alpha value is -2.51. The Labute approximate surface area is 170 Å². The third-order valence-electron chi connectivity index (χ3n) is 4.38. The average Bonchev–Trinajstić information content (AvgIpc) is 2.69. The SMILES string of the molecule is CCCCOC(=O)CCCCCCCCC(=O)OCc1ccc(F)c([N+](=O)[O-])c1. The second-order valence-corrected chi connectivity index (χ2v) is 6.90. The number of carbonyl (C=O) groups is 2. The summed E-state index contributed by atoms with van der Waals surface area (Å²) in [5.41, 5.74) is -0.257. The van der Waals surface area contributed by atoms with E-state index in [1.54, 1.807) is 0 Å². The molecule has 0 bridgehead atoms. The number of benzene rings is 1. The molecule has 1 aromatic carbocycles. The summed E-state index contributed by atoms with van der Waals surface area (Å²) in [5.74, 6) is -1.43. The Morgan fingerprint density at radius 2 is 1.55 bits per heavy atom. The maximum Gasteiger partial charge on any atom is 0.306 e. The van der Waals surface area contributed by atoms with Crippen molar-refractivity contribution in [2.75, 3.05) is 6.61 Å². The molecular weight excluding hydrogens is 381 g/mol. The fourth-order valence-electron chi connectivity index (χ4n) is 2.67. The molecule has 0 amide bonds. The third kappa shape index (κ3) is 11.2. The first-order chi connectivity index (χ1) is 13.9. The van der Waals surface area contributed by atoms with E-state index in [4.69, 9.17) is 9.47 Å². The Morgan fingerprint density at radius 3 is 2.14 bits per heavy atom. The van der Waals surface area contributed by atoms with Crippen molar-refractivity contribution in [3.63, 3.8) is 0 Å². The van der Waals surface area contributed by atoms with Crippen LogP contribution in [0.15, 0.2) is 18.2 Å². The molecule has 0 unspecified atom stereocenters. The van der Waals surface area contributed by atoms with Crippen LogP contribution in [0.25, 0.3) is 0 Å². The summed E-state index contributed by atoms with van der Waals surface area (Å²) in [7, 11) is 0. The van der Waals surface area contributed by atoms with Gasteiger partial charge in [-0.15, -0.1) is 0 Å². The van der Waals surface area contributed by atoms with Crippen LogP contribution < -0.4 is 0 Å². The summed E-state index contributed by atoms with van der Waals surface area (Å²) in [5, 5.41) is 10.7. The van der Waals surface area contributed by atoms with Gasteiger partial charge in [-0.2, -0.15) is 4.39 Å². The normalized spacial score (nSPS) is 10.6. The van der Waals surface area contributed by atoms with Crippen LogP contribution in [0.2, 0.25) is 0 Å². The Bertz CT molecular complexity index is 665. The molecule has 29 heavy (non-hydrogen) atoms. The predicted molar refractivity (Wildman–Crippen MR) is 106 cm³/mol. The number of halogens is 1. The number of unbranched alkanes of at least 4 members (excludes halogenated alkanes) is 6. The Morgan fingerprint density at radius 1 is 0.966 bits per heavy atom. The van der Waals surface area contributed by atoms with E-state index >= 15 is 0 Å². The molecule has 7 nitrogen and oxygen atoms in total. The van der Waals surface area contributed by atoms with Gasteiger partial charge in [0.2, 0.25) is 5.82 Å². The molecule has 8 heteroatoms. The molecule has 0 spiro atoms. The highest BCUT2D eigenvalue weighted by Crippen LogP contribution is 2.19. The van der Waals surface area contributed by atoms with Crippen molar-refractivity contribution in [2.45, 2.75) is 77.7 Å². The number of hydrogen-bond acceptors (Lipinski definition) is 6. The van der Waals surface area contributed by atoms with Crippen LogP contribution in [0.5, 0.6) is 0 Å². The van der Waals surface area contributed by atoms with Crippen molar-refractivity contribution < 1.29 is 28.4 Å². The number of nitro groups is 1. The van der Waals surface area contributed by atoms with Crippen LogP contribution in [0.4, 0.5) is 10.1 Å². The molecule has 1 aromatic rings. The first-order valence-corrected chi connectivity index (χ1v) is 10.2. The number of ether oxygens (including phenoxy) is 2. The first kappa shape index (κ1) is 24.5. The van der Waals surface area contributed by atoms with E-state index in [0.717, 1.165) is 57.1 Å². The number of nitro benzene ring substituents is 1. The van der Waals surface area contributed by atoms with Crippen LogP contribution >= 0.6 is 0 Å². The predicted octanol–water partition coefficient (Wildman–Crippen LogP) is 5.24. The van der Waals surface area contributed by atoms with Crippen molar-refractivity contribution in [1.82, 2.24) is 0 Å². The van der Waals surface area contributed by atoms with Gasteiger partial charge in [0.1, 0.15) is 6.61 Å². The van der Waals surface area contributed by atoms with Crippen LogP contribution in [-0.4, -0.2) is 23.5 Å². The highest BCUT2D eigenvalue weighted by atomic mass is 19.1. The molecule has 0 aliphatic rings. The minimum atomic E-state index is -0.918. The van der Waals surface area contributed by atoms with Crippen molar-refractivity contribution in [3.05, 3.63) is 39.7 Å². The third-order valence-corrected chi connectivity index (χ3v) is 4.38. The van der Waals surface area contributed by atoms with Crippen molar-refractivity contribution >= 4 is 17.6 Å². The standard InChI is InChI=1S/C21H30FNO6/c1-2-3-14-28-20(24)10-8-6-4-5-7-9-11-21(25)29-16-17-12-13-18(22)19(15-17)23(26)27/h12-13,15H,2-11,14,16H2,1H3. The zero-order valence-corrected chi connectivity index (χ0v) is 17.0. The zero-order chi connectivity index (χ0) is 21.5. The van der Waals surface area contributed by atoms with Crippen molar-refractivity contribution in [1.29, 1.82) is 0 Å². The van der Waals surface area contributed by atoms with Gasteiger partial charge in [-0.3, -0.25) is 19.7 Å². The topological polar surface area (TPSA) is 95.7 Å². The van der Waals surface area contributed by atoms with E-state index in [0.29, 0.717) is 25.0 Å². The van der Waals surface area contributed by atoms with E-state index < -0.39 is 16.4 Å². The smallest absolute Gasteiger partial charge is 0.306 e. The fourth-order valence-corrected chi connectivity index (χ4v) is 2.67. The second kappa shape index (κ2) is 14.5. The number of hydrogen-bond donors (Lipinski definition) is 0. The van der Waals surface area contributed by atoms with Gasteiger partial charge in [0.05, 0.1) is 11.5 Å². The van der Waals surface area contributed by atoms with Crippen molar-refractivity contribution in [2.24, 2.45) is 0 Å². The van der Waals surface area contributed by atoms with E-state index in [1.807, 2.05) is 6.92 Å². The van der Waals surface area contributed by atoms with E-state index in [2.05, 4.69) is 0 Å². The minimum Gasteiger partial charge on any atom is -0.466 e. The minimum absolute atomic E-state index is 0.117. The van der Waals surface area contributed by atoms with Crippen LogP contribution in [0, 0.1) is 15.9 Å². The number of rotatable bonds is 15. The largest absolute Gasteiger partial charge is 0.466 e. The summed E-state index contributed by atoms with van der Waals surface area (Å²) < 4.78 is 23.4. The Kier molecular flexibility index (Phi) is 12.2. The molecule has 0 saturated heterocycles. The van der Waals surface area contributed by atoms with Gasteiger partial charge >= 0.3 is 17.6 Å². The molecule has 0 aromatic heterocycles. The van der Waals surface area contributed by atoms with Crippen LogP contribution in [-0.2, 0) is 25.7 Å². The lowest BCUT2D eigenvalue weighted by atomic mass is 10.1. The van der Waals surface area contributed by atoms with Gasteiger partial charge in [-0.05, 0) is 30.9 Å². The molecule has 0 aliphatic heterocycles. The van der Waals surface area contributed by atoms with Crippen LogP contribution in [0.1, 0.15) is 76.7 Å². The molecule has 0 heterocycles. The molecule has 0 aliphatic carbocycles. The van der Waals surface area contributed by atoms with Gasteiger partial charge in [0.25, 0.3) is 0 Å². The second-order valence-electron chi connectivity index (χ2n) is 6.90. The van der Waals surface area contributed by atoms with Gasteiger partial charge in [0.15, 0.2) is 0 Å². The summed E-state index contributed by atoms with van der Waals surface area (Å²) in [6, 6.07) is 3.42. The molecule has 1 rings (SSSR count). The van der Waals surface area contributed by atoms with E-state index in [-0.39, 0.29) is 25.0 Å². The summed E-state index contributed by atoms with van der Waals surface area (Å²) >= 11 is 0. The summed E-state index contributed by atoms with van der Waals surface area (Å²) in [6.07, 6.45) is 7.96. The van der Waals surface area contributed by atoms with E-state index in [1.165, 1.54) is 6.07 Å². The quantitative estimate of drug-likeness (QED) is 0.169.